The minimum Gasteiger partial charge on any atom is -0.376 e. The van der Waals surface area contributed by atoms with E-state index < -0.39 is 0 Å². The van der Waals surface area contributed by atoms with Crippen LogP contribution in [0.4, 0.5) is 0 Å². The van der Waals surface area contributed by atoms with E-state index in [2.05, 4.69) is 36.6 Å². The van der Waals surface area contributed by atoms with E-state index in [-0.39, 0.29) is 6.10 Å². The van der Waals surface area contributed by atoms with E-state index in [1.54, 1.807) is 0 Å². The molecule has 1 aromatic carbocycles. The van der Waals surface area contributed by atoms with Gasteiger partial charge >= 0.3 is 0 Å². The Kier molecular flexibility index (Phi) is 4.24. The lowest BCUT2D eigenvalue weighted by Crippen LogP contribution is -2.25. The molecule has 3 rings (SSSR count). The van der Waals surface area contributed by atoms with Crippen LogP contribution in [0.2, 0.25) is 0 Å². The number of nitrogens with two attached hydrogens (primary N) is 1. The maximum Gasteiger partial charge on any atom is 0.141 e. The molecule has 2 aromatic rings. The first-order valence-electron chi connectivity index (χ1n) is 7.57. The minimum atomic E-state index is -0.0776. The third-order valence-electron chi connectivity index (χ3n) is 3.73. The first-order chi connectivity index (χ1) is 10.2. The largest absolute Gasteiger partial charge is 0.376 e. The van der Waals surface area contributed by atoms with Crippen molar-refractivity contribution in [3.63, 3.8) is 0 Å². The molecule has 1 saturated heterocycles. The van der Waals surface area contributed by atoms with Gasteiger partial charge in [-0.05, 0) is 23.6 Å². The average Bonchev–Trinajstić information content (AvgIpc) is 2.85. The van der Waals surface area contributed by atoms with Crippen LogP contribution in [0.3, 0.4) is 0 Å². The zero-order valence-electron chi connectivity index (χ0n) is 12.7. The molecule has 2 N–H and O–H groups in total. The van der Waals surface area contributed by atoms with Gasteiger partial charge < -0.3 is 19.8 Å². The highest BCUT2D eigenvalue weighted by Gasteiger charge is 2.24. The lowest BCUT2D eigenvalue weighted by atomic mass is 10.2. The van der Waals surface area contributed by atoms with Gasteiger partial charge in [0.15, 0.2) is 0 Å². The molecule has 0 amide bonds. The van der Waals surface area contributed by atoms with Crippen LogP contribution in [0.15, 0.2) is 18.2 Å². The van der Waals surface area contributed by atoms with Crippen molar-refractivity contribution >= 4 is 11.0 Å². The van der Waals surface area contributed by atoms with Crippen LogP contribution in [-0.2, 0) is 22.6 Å². The number of hydrogen-bond donors (Lipinski definition) is 1. The van der Waals surface area contributed by atoms with Crippen LogP contribution < -0.4 is 5.73 Å². The molecule has 1 aromatic heterocycles. The number of aromatic nitrogens is 2. The van der Waals surface area contributed by atoms with Crippen LogP contribution in [0.1, 0.15) is 31.3 Å². The Balaban J connectivity index is 2.07. The topological polar surface area (TPSA) is 62.3 Å². The second-order valence-electron chi connectivity index (χ2n) is 5.94. The van der Waals surface area contributed by atoms with Crippen molar-refractivity contribution in [3.05, 3.63) is 29.6 Å². The van der Waals surface area contributed by atoms with E-state index in [0.29, 0.717) is 32.3 Å². The maximum atomic E-state index is 5.84. The molecule has 1 fully saturated rings. The van der Waals surface area contributed by atoms with Crippen LogP contribution in [0.25, 0.3) is 11.0 Å². The summed E-state index contributed by atoms with van der Waals surface area (Å²) in [6.45, 7) is 7.75. The highest BCUT2D eigenvalue weighted by molar-refractivity contribution is 5.77. The number of ether oxygens (including phenoxy) is 2. The van der Waals surface area contributed by atoms with Crippen molar-refractivity contribution in [2.45, 2.75) is 33.0 Å². The fourth-order valence-electron chi connectivity index (χ4n) is 2.76. The molecular formula is C16H23N3O2. The van der Waals surface area contributed by atoms with Crippen LogP contribution in [0.5, 0.6) is 0 Å². The third-order valence-corrected chi connectivity index (χ3v) is 3.73. The van der Waals surface area contributed by atoms with Crippen LogP contribution in [0, 0.1) is 5.92 Å². The summed E-state index contributed by atoms with van der Waals surface area (Å²) in [5.74, 6) is 1.51. The molecule has 5 nitrogen and oxygen atoms in total. The minimum absolute atomic E-state index is 0.0776. The lowest BCUT2D eigenvalue weighted by molar-refractivity contribution is -0.0946. The molecule has 0 saturated carbocycles. The summed E-state index contributed by atoms with van der Waals surface area (Å²) in [6, 6.07) is 6.25. The third kappa shape index (κ3) is 2.95. The molecule has 1 unspecified atom stereocenters. The smallest absolute Gasteiger partial charge is 0.141 e. The summed E-state index contributed by atoms with van der Waals surface area (Å²) in [7, 11) is 0. The molecule has 5 heteroatoms. The van der Waals surface area contributed by atoms with Crippen molar-refractivity contribution in [1.29, 1.82) is 0 Å². The van der Waals surface area contributed by atoms with Crippen molar-refractivity contribution in [2.75, 3.05) is 19.8 Å². The normalized spacial score (nSPS) is 19.5. The summed E-state index contributed by atoms with van der Waals surface area (Å²) in [6.07, 6.45) is -0.0776. The van der Waals surface area contributed by atoms with Crippen LogP contribution in [-0.4, -0.2) is 29.4 Å². The highest BCUT2D eigenvalue weighted by Crippen LogP contribution is 2.26. The van der Waals surface area contributed by atoms with Gasteiger partial charge in [0.05, 0.1) is 30.9 Å². The fraction of sp³-hybridized carbons (Fsp3) is 0.562. The van der Waals surface area contributed by atoms with Crippen molar-refractivity contribution in [1.82, 2.24) is 9.55 Å². The quantitative estimate of drug-likeness (QED) is 0.937. The predicted molar refractivity (Wildman–Crippen MR) is 82.0 cm³/mol. The second-order valence-corrected chi connectivity index (χ2v) is 5.94. The van der Waals surface area contributed by atoms with E-state index in [4.69, 9.17) is 20.2 Å². The van der Waals surface area contributed by atoms with Gasteiger partial charge in [-0.2, -0.15) is 0 Å². The maximum absolute atomic E-state index is 5.84. The molecule has 0 spiro atoms. The van der Waals surface area contributed by atoms with Gasteiger partial charge in [-0.3, -0.25) is 0 Å². The summed E-state index contributed by atoms with van der Waals surface area (Å²) < 4.78 is 13.6. The van der Waals surface area contributed by atoms with Gasteiger partial charge in [0.2, 0.25) is 0 Å². The number of benzene rings is 1. The number of rotatable bonds is 4. The van der Waals surface area contributed by atoms with E-state index in [1.165, 1.54) is 0 Å². The molecule has 0 aliphatic carbocycles. The van der Waals surface area contributed by atoms with Gasteiger partial charge in [0.1, 0.15) is 11.9 Å². The highest BCUT2D eigenvalue weighted by atomic mass is 16.6. The zero-order chi connectivity index (χ0) is 14.8. The summed E-state index contributed by atoms with van der Waals surface area (Å²) in [5.41, 5.74) is 8.96. The number of imidazole rings is 1. The lowest BCUT2D eigenvalue weighted by Gasteiger charge is -2.24. The van der Waals surface area contributed by atoms with Crippen molar-refractivity contribution < 1.29 is 9.47 Å². The van der Waals surface area contributed by atoms with Gasteiger partial charge in [-0.25, -0.2) is 4.98 Å². The standard InChI is InChI=1S/C16H23N3O2/c1-11(2)9-19-14-4-3-12(8-17)7-13(14)18-16(19)15-10-20-5-6-21-15/h3-4,7,11,15H,5-6,8-10,17H2,1-2H3. The molecule has 1 aliphatic rings. The molecule has 114 valence electrons. The summed E-state index contributed by atoms with van der Waals surface area (Å²) in [5, 5.41) is 0. The van der Waals surface area contributed by atoms with Gasteiger partial charge in [-0.15, -0.1) is 0 Å². The summed E-state index contributed by atoms with van der Waals surface area (Å²) >= 11 is 0. The van der Waals surface area contributed by atoms with E-state index in [9.17, 15) is 0 Å². The zero-order valence-corrected chi connectivity index (χ0v) is 12.7. The van der Waals surface area contributed by atoms with E-state index in [0.717, 1.165) is 29.0 Å². The molecule has 21 heavy (non-hydrogen) atoms. The Morgan fingerprint density at radius 1 is 1.38 bits per heavy atom. The van der Waals surface area contributed by atoms with Crippen LogP contribution >= 0.6 is 0 Å². The number of hydrogen-bond acceptors (Lipinski definition) is 4. The second kappa shape index (κ2) is 6.13. The number of fused-ring (bicyclic) bond motifs is 1. The Labute approximate surface area is 125 Å². The molecule has 1 aliphatic heterocycles. The van der Waals surface area contributed by atoms with Gasteiger partial charge in [0.25, 0.3) is 0 Å². The number of nitrogens with zero attached hydrogens (tertiary/aromatic N) is 2. The van der Waals surface area contributed by atoms with Crippen molar-refractivity contribution in [3.8, 4) is 0 Å². The SMILES string of the molecule is CC(C)Cn1c(C2COCCO2)nc2cc(CN)ccc21. The molecular weight excluding hydrogens is 266 g/mol. The average molecular weight is 289 g/mol. The Morgan fingerprint density at radius 3 is 2.90 bits per heavy atom. The van der Waals surface area contributed by atoms with Crippen molar-refractivity contribution in [2.24, 2.45) is 11.7 Å². The Morgan fingerprint density at radius 2 is 2.24 bits per heavy atom. The first-order valence-corrected chi connectivity index (χ1v) is 7.57. The Hall–Kier alpha value is -1.43. The van der Waals surface area contributed by atoms with E-state index >= 15 is 0 Å². The van der Waals surface area contributed by atoms with Gasteiger partial charge in [0, 0.05) is 13.1 Å². The fourth-order valence-corrected chi connectivity index (χ4v) is 2.76. The molecule has 0 radical (unpaired) electrons. The monoisotopic (exact) mass is 289 g/mol. The molecule has 0 bridgehead atoms. The molecule has 2 heterocycles. The summed E-state index contributed by atoms with van der Waals surface area (Å²) in [4.78, 5) is 4.80. The van der Waals surface area contributed by atoms with E-state index in [1.807, 2.05) is 0 Å². The van der Waals surface area contributed by atoms with Gasteiger partial charge in [-0.1, -0.05) is 19.9 Å². The predicted octanol–water partition coefficient (Wildman–Crippen LogP) is 2.24. The molecule has 1 atom stereocenters. The Bertz CT molecular complexity index is 615. The first kappa shape index (κ1) is 14.5.